The highest BCUT2D eigenvalue weighted by atomic mass is 16.6. The summed E-state index contributed by atoms with van der Waals surface area (Å²) in [5.74, 6) is 0. The Bertz CT molecular complexity index is 1760. The average Bonchev–Trinajstić information content (AvgIpc) is 3.27. The lowest BCUT2D eigenvalue weighted by Crippen LogP contribution is -2.29. The van der Waals surface area contributed by atoms with Gasteiger partial charge in [-0.3, -0.25) is 10.1 Å². The summed E-state index contributed by atoms with van der Waals surface area (Å²) in [6.45, 7) is 6.63. The molecule has 5 heteroatoms. The fourth-order valence-corrected chi connectivity index (χ4v) is 6.89. The molecule has 0 saturated carbocycles. The van der Waals surface area contributed by atoms with E-state index in [2.05, 4.69) is 122 Å². The normalized spacial score (nSPS) is 20.5. The number of benzene rings is 4. The number of fused-ring (bicyclic) bond motifs is 4. The van der Waals surface area contributed by atoms with Gasteiger partial charge in [-0.15, -0.1) is 0 Å². The van der Waals surface area contributed by atoms with Crippen LogP contribution in [0.4, 0.5) is 17.1 Å². The van der Waals surface area contributed by atoms with E-state index in [4.69, 9.17) is 0 Å². The molecule has 5 nitrogen and oxygen atoms in total. The van der Waals surface area contributed by atoms with Gasteiger partial charge in [0.2, 0.25) is 5.69 Å². The van der Waals surface area contributed by atoms with E-state index in [9.17, 15) is 10.1 Å². The summed E-state index contributed by atoms with van der Waals surface area (Å²) in [7, 11) is 4.20. The molecule has 2 heterocycles. The van der Waals surface area contributed by atoms with Gasteiger partial charge in [0.15, 0.2) is 5.71 Å². The summed E-state index contributed by atoms with van der Waals surface area (Å²) in [4.78, 5) is 13.5. The Balaban J connectivity index is 1.45. The van der Waals surface area contributed by atoms with Crippen molar-refractivity contribution in [2.45, 2.75) is 38.0 Å². The summed E-state index contributed by atoms with van der Waals surface area (Å²) < 4.78 is 2.15. The van der Waals surface area contributed by atoms with E-state index in [0.29, 0.717) is 0 Å². The maximum absolute atomic E-state index is 11.5. The van der Waals surface area contributed by atoms with Crippen molar-refractivity contribution in [1.82, 2.24) is 0 Å². The van der Waals surface area contributed by atoms with Crippen molar-refractivity contribution >= 4 is 33.5 Å². The van der Waals surface area contributed by atoms with Crippen LogP contribution in [0.3, 0.4) is 0 Å². The third kappa shape index (κ3) is 3.88. The zero-order valence-electron chi connectivity index (χ0n) is 23.7. The van der Waals surface area contributed by atoms with Gasteiger partial charge < -0.3 is 4.90 Å². The Labute approximate surface area is 235 Å². The maximum atomic E-state index is 11.5. The molecule has 0 aromatic heterocycles. The quantitative estimate of drug-likeness (QED) is 0.151. The molecule has 0 fully saturated rings. The van der Waals surface area contributed by atoms with Gasteiger partial charge in [0, 0.05) is 53.7 Å². The van der Waals surface area contributed by atoms with Crippen LogP contribution in [0, 0.1) is 10.1 Å². The molecule has 0 saturated heterocycles. The van der Waals surface area contributed by atoms with E-state index in [-0.39, 0.29) is 21.4 Å². The fourth-order valence-electron chi connectivity index (χ4n) is 6.89. The van der Waals surface area contributed by atoms with Crippen LogP contribution in [-0.2, 0) is 17.3 Å². The first-order valence-electron chi connectivity index (χ1n) is 13.7. The summed E-state index contributed by atoms with van der Waals surface area (Å²) in [6.07, 6.45) is 7.45. The number of anilines is 1. The molecule has 40 heavy (non-hydrogen) atoms. The van der Waals surface area contributed by atoms with E-state index in [1.807, 2.05) is 13.1 Å². The van der Waals surface area contributed by atoms with Gasteiger partial charge in [-0.2, -0.15) is 4.58 Å². The lowest BCUT2D eigenvalue weighted by molar-refractivity contribution is -0.402. The number of nitrogens with zero attached hydrogens (tertiary/aromatic N) is 3. The third-order valence-corrected chi connectivity index (χ3v) is 8.88. The van der Waals surface area contributed by atoms with E-state index in [1.165, 1.54) is 33.3 Å². The predicted octanol–water partition coefficient (Wildman–Crippen LogP) is 7.84. The van der Waals surface area contributed by atoms with Crippen LogP contribution in [0.1, 0.15) is 37.5 Å². The highest BCUT2D eigenvalue weighted by Gasteiger charge is 2.45. The molecule has 4 aromatic rings. The van der Waals surface area contributed by atoms with Gasteiger partial charge in [-0.05, 0) is 61.2 Å². The molecule has 0 aliphatic carbocycles. The van der Waals surface area contributed by atoms with Crippen molar-refractivity contribution in [3.63, 3.8) is 0 Å². The molecule has 2 aliphatic rings. The molecule has 1 unspecified atom stereocenters. The standard InChI is InChI=1S/C35H34N3O2/c1-34(2)28-22-26(38(39)40)19-21-29(28)36(4)31(34)16-11-17-32-35(3,23-24-12-7-6-8-13-24)33-27-15-10-9-14-25(27)18-20-30(33)37(32)5/h6-22H,23H2,1-5H3/q+1. The molecule has 0 amide bonds. The van der Waals surface area contributed by atoms with Gasteiger partial charge in [0.1, 0.15) is 7.05 Å². The Morgan fingerprint density at radius 3 is 2.42 bits per heavy atom. The van der Waals surface area contributed by atoms with Crippen LogP contribution in [0.25, 0.3) is 10.8 Å². The highest BCUT2D eigenvalue weighted by Crippen LogP contribution is 2.52. The Morgan fingerprint density at radius 1 is 0.950 bits per heavy atom. The minimum Gasteiger partial charge on any atom is -0.347 e. The lowest BCUT2D eigenvalue weighted by Gasteiger charge is -2.29. The minimum atomic E-state index is -0.362. The first-order chi connectivity index (χ1) is 19.1. The number of likely N-dealkylation sites (N-methyl/N-ethyl adjacent to an activating group) is 1. The fraction of sp³-hybridized carbons (Fsp3) is 0.229. The molecule has 2 aliphatic heterocycles. The highest BCUT2D eigenvalue weighted by molar-refractivity contribution is 6.03. The maximum Gasteiger partial charge on any atom is 0.270 e. The second-order valence-electron chi connectivity index (χ2n) is 11.7. The molecule has 0 spiro atoms. The van der Waals surface area contributed by atoms with Gasteiger partial charge in [0.05, 0.1) is 10.3 Å². The summed E-state index contributed by atoms with van der Waals surface area (Å²) >= 11 is 0. The number of non-ortho nitro benzene ring substituents is 1. The lowest BCUT2D eigenvalue weighted by atomic mass is 9.74. The van der Waals surface area contributed by atoms with Crippen LogP contribution in [-0.4, -0.2) is 29.3 Å². The molecular weight excluding hydrogens is 494 g/mol. The topological polar surface area (TPSA) is 49.4 Å². The molecule has 1 atom stereocenters. The summed E-state index contributed by atoms with van der Waals surface area (Å²) in [5.41, 5.74) is 7.76. The van der Waals surface area contributed by atoms with Crippen molar-refractivity contribution in [3.8, 4) is 0 Å². The largest absolute Gasteiger partial charge is 0.347 e. The van der Waals surface area contributed by atoms with E-state index in [1.54, 1.807) is 12.1 Å². The molecule has 0 radical (unpaired) electrons. The van der Waals surface area contributed by atoms with Gasteiger partial charge in [-0.25, -0.2) is 0 Å². The average molecular weight is 529 g/mol. The van der Waals surface area contributed by atoms with Gasteiger partial charge in [-0.1, -0.05) is 66.7 Å². The van der Waals surface area contributed by atoms with Crippen LogP contribution >= 0.6 is 0 Å². The van der Waals surface area contributed by atoms with E-state index >= 15 is 0 Å². The van der Waals surface area contributed by atoms with Crippen LogP contribution in [0.2, 0.25) is 0 Å². The van der Waals surface area contributed by atoms with Gasteiger partial charge >= 0.3 is 0 Å². The zero-order valence-corrected chi connectivity index (χ0v) is 23.7. The monoisotopic (exact) mass is 528 g/mol. The number of hydrogen-bond donors (Lipinski definition) is 0. The number of hydrogen-bond acceptors (Lipinski definition) is 3. The van der Waals surface area contributed by atoms with E-state index < -0.39 is 0 Å². The number of rotatable bonds is 5. The zero-order chi connectivity index (χ0) is 28.2. The first kappa shape index (κ1) is 25.8. The second kappa shape index (κ2) is 9.30. The molecule has 4 aromatic carbocycles. The third-order valence-electron chi connectivity index (χ3n) is 8.88. The van der Waals surface area contributed by atoms with E-state index in [0.717, 1.165) is 23.4 Å². The Hall–Kier alpha value is -4.51. The van der Waals surface area contributed by atoms with Crippen LogP contribution < -0.4 is 4.90 Å². The summed E-state index contributed by atoms with van der Waals surface area (Å²) in [5, 5.41) is 14.0. The number of allylic oxidation sites excluding steroid dienone is 4. The van der Waals surface area contributed by atoms with Gasteiger partial charge in [0.25, 0.3) is 5.69 Å². The van der Waals surface area contributed by atoms with Crippen molar-refractivity contribution < 1.29 is 9.50 Å². The van der Waals surface area contributed by atoms with Crippen molar-refractivity contribution in [1.29, 1.82) is 0 Å². The second-order valence-corrected chi connectivity index (χ2v) is 11.7. The molecule has 0 bridgehead atoms. The minimum absolute atomic E-state index is 0.127. The SMILES string of the molecule is CN1C(=CC=CC2=[N+](C)c3ccc([N+](=O)[O-])cc3C2(C)C)C(C)(Cc2ccccc2)c2c1ccc1ccccc21. The van der Waals surface area contributed by atoms with Crippen molar-refractivity contribution in [2.75, 3.05) is 19.0 Å². The van der Waals surface area contributed by atoms with Crippen molar-refractivity contribution in [3.05, 3.63) is 136 Å². The predicted molar refractivity (Wildman–Crippen MR) is 164 cm³/mol. The van der Waals surface area contributed by atoms with Crippen molar-refractivity contribution in [2.24, 2.45) is 0 Å². The Kier molecular flexibility index (Phi) is 5.99. The molecule has 6 rings (SSSR count). The molecule has 0 N–H and O–H groups in total. The van der Waals surface area contributed by atoms with Crippen LogP contribution in [0.15, 0.2) is 109 Å². The number of nitro benzene ring substituents is 1. The number of nitro groups is 1. The smallest absolute Gasteiger partial charge is 0.270 e. The first-order valence-corrected chi connectivity index (χ1v) is 13.7. The van der Waals surface area contributed by atoms with Crippen LogP contribution in [0.5, 0.6) is 0 Å². The molecule has 200 valence electrons. The molecular formula is C35H34N3O2+. The summed E-state index contributed by atoms with van der Waals surface area (Å²) in [6, 6.07) is 29.0. The Morgan fingerprint density at radius 2 is 1.68 bits per heavy atom.